The lowest BCUT2D eigenvalue weighted by atomic mass is 10.1. The van der Waals surface area contributed by atoms with Gasteiger partial charge in [0.05, 0.1) is 5.75 Å². The molecule has 0 aromatic heterocycles. The van der Waals surface area contributed by atoms with Crippen LogP contribution < -0.4 is 5.32 Å². The van der Waals surface area contributed by atoms with E-state index in [0.29, 0.717) is 23.6 Å². The van der Waals surface area contributed by atoms with Crippen LogP contribution >= 0.6 is 11.8 Å². The number of nitrogens with zero attached hydrogens (tertiary/aromatic N) is 1. The Labute approximate surface area is 159 Å². The summed E-state index contributed by atoms with van der Waals surface area (Å²) in [5.41, 5.74) is 3.06. The number of hydrogen-bond donors (Lipinski definition) is 1. The van der Waals surface area contributed by atoms with Crippen LogP contribution in [0.3, 0.4) is 0 Å². The summed E-state index contributed by atoms with van der Waals surface area (Å²) >= 11 is 1.43. The summed E-state index contributed by atoms with van der Waals surface area (Å²) in [5.74, 6) is 0.606. The van der Waals surface area contributed by atoms with Crippen LogP contribution in [-0.4, -0.2) is 29.6 Å². The highest BCUT2D eigenvalue weighted by atomic mass is 32.2. The van der Waals surface area contributed by atoms with Crippen LogP contribution in [0, 0.1) is 5.82 Å². The van der Waals surface area contributed by atoms with Crippen molar-refractivity contribution in [2.45, 2.75) is 31.7 Å². The number of carbonyl (C=O) groups excluding carboxylic acids is 1. The fourth-order valence-electron chi connectivity index (χ4n) is 3.08. The first-order valence-corrected chi connectivity index (χ1v) is 10.2. The molecule has 1 fully saturated rings. The maximum absolute atomic E-state index is 13.5. The van der Waals surface area contributed by atoms with Gasteiger partial charge in [0.2, 0.25) is 5.91 Å². The quantitative estimate of drug-likeness (QED) is 0.761. The summed E-state index contributed by atoms with van der Waals surface area (Å²) in [5, 5.41) is 2.93. The van der Waals surface area contributed by atoms with Gasteiger partial charge in [-0.15, -0.1) is 11.8 Å². The molecule has 3 nitrogen and oxygen atoms in total. The Kier molecular flexibility index (Phi) is 7.09. The number of thioether (sulfide) groups is 1. The number of amides is 1. The first-order valence-electron chi connectivity index (χ1n) is 9.09. The molecule has 0 saturated carbocycles. The van der Waals surface area contributed by atoms with E-state index >= 15 is 0 Å². The van der Waals surface area contributed by atoms with E-state index in [1.165, 1.54) is 49.3 Å². The summed E-state index contributed by atoms with van der Waals surface area (Å²) in [6, 6.07) is 15.1. The minimum atomic E-state index is -0.213. The van der Waals surface area contributed by atoms with Crippen molar-refractivity contribution < 1.29 is 9.18 Å². The van der Waals surface area contributed by atoms with E-state index in [0.717, 1.165) is 12.1 Å². The van der Waals surface area contributed by atoms with Gasteiger partial charge in [0.1, 0.15) is 5.82 Å². The van der Waals surface area contributed by atoms with Crippen LogP contribution in [0.1, 0.15) is 29.5 Å². The maximum Gasteiger partial charge on any atom is 0.230 e. The third-order valence-corrected chi connectivity index (χ3v) is 5.55. The second kappa shape index (κ2) is 9.74. The smallest absolute Gasteiger partial charge is 0.230 e. The van der Waals surface area contributed by atoms with E-state index in [9.17, 15) is 9.18 Å². The fraction of sp³-hybridized carbons (Fsp3) is 0.381. The Hall–Kier alpha value is -1.85. The number of benzene rings is 2. The predicted octanol–water partition coefficient (Wildman–Crippen LogP) is 3.97. The molecule has 0 aliphatic carbocycles. The van der Waals surface area contributed by atoms with Crippen LogP contribution in [0.15, 0.2) is 48.5 Å². The summed E-state index contributed by atoms with van der Waals surface area (Å²) in [4.78, 5) is 14.4. The number of hydrogen-bond acceptors (Lipinski definition) is 3. The summed E-state index contributed by atoms with van der Waals surface area (Å²) in [7, 11) is 0. The van der Waals surface area contributed by atoms with Gasteiger partial charge in [0, 0.05) is 18.8 Å². The van der Waals surface area contributed by atoms with Crippen LogP contribution in [0.25, 0.3) is 0 Å². The number of likely N-dealkylation sites (tertiary alicyclic amines) is 1. The van der Waals surface area contributed by atoms with Gasteiger partial charge >= 0.3 is 0 Å². The molecule has 2 aromatic rings. The molecule has 26 heavy (non-hydrogen) atoms. The Morgan fingerprint density at radius 3 is 2.46 bits per heavy atom. The van der Waals surface area contributed by atoms with Gasteiger partial charge in [0.15, 0.2) is 0 Å². The summed E-state index contributed by atoms with van der Waals surface area (Å²) in [6.07, 6.45) is 2.61. The Balaban J connectivity index is 1.36. The number of rotatable bonds is 8. The fourth-order valence-corrected chi connectivity index (χ4v) is 3.93. The largest absolute Gasteiger partial charge is 0.351 e. The molecular weight excluding hydrogens is 347 g/mol. The molecule has 5 heteroatoms. The SMILES string of the molecule is O=C(CSCc1ccccc1F)NCc1ccc(CN2CCCC2)cc1. The van der Waals surface area contributed by atoms with Crippen LogP contribution in [0.5, 0.6) is 0 Å². The van der Waals surface area contributed by atoms with Crippen LogP contribution in [0.2, 0.25) is 0 Å². The average molecular weight is 373 g/mol. The minimum absolute atomic E-state index is 0.0208. The zero-order chi connectivity index (χ0) is 18.2. The third kappa shape index (κ3) is 5.85. The standard InChI is InChI=1S/C21H25FN2OS/c22-20-6-2-1-5-19(20)15-26-16-21(25)23-13-17-7-9-18(10-8-17)14-24-11-3-4-12-24/h1-2,5-10H,3-4,11-16H2,(H,23,25). The molecule has 1 N–H and O–H groups in total. The molecule has 1 aliphatic heterocycles. The van der Waals surface area contributed by atoms with E-state index in [1.54, 1.807) is 12.1 Å². The van der Waals surface area contributed by atoms with Gasteiger partial charge < -0.3 is 5.32 Å². The third-order valence-electron chi connectivity index (χ3n) is 4.57. The lowest BCUT2D eigenvalue weighted by Gasteiger charge is -2.14. The molecule has 2 aromatic carbocycles. The van der Waals surface area contributed by atoms with Crippen molar-refractivity contribution in [2.75, 3.05) is 18.8 Å². The van der Waals surface area contributed by atoms with Gasteiger partial charge in [-0.3, -0.25) is 9.69 Å². The molecule has 3 rings (SSSR count). The van der Waals surface area contributed by atoms with E-state index in [1.807, 2.05) is 6.07 Å². The van der Waals surface area contributed by atoms with Crippen molar-refractivity contribution in [3.63, 3.8) is 0 Å². The molecular formula is C21H25FN2OS. The summed E-state index contributed by atoms with van der Waals surface area (Å²) < 4.78 is 13.5. The molecule has 0 spiro atoms. The highest BCUT2D eigenvalue weighted by Crippen LogP contribution is 2.15. The predicted molar refractivity (Wildman–Crippen MR) is 105 cm³/mol. The Morgan fingerprint density at radius 1 is 1.04 bits per heavy atom. The van der Waals surface area contributed by atoms with Crippen molar-refractivity contribution in [1.29, 1.82) is 0 Å². The number of halogens is 1. The number of carbonyl (C=O) groups is 1. The normalized spacial score (nSPS) is 14.5. The average Bonchev–Trinajstić information content (AvgIpc) is 3.16. The van der Waals surface area contributed by atoms with Gasteiger partial charge in [-0.05, 0) is 48.7 Å². The Bertz CT molecular complexity index is 714. The molecule has 0 bridgehead atoms. The van der Waals surface area contributed by atoms with Crippen molar-refractivity contribution in [3.05, 3.63) is 71.0 Å². The van der Waals surface area contributed by atoms with Crippen molar-refractivity contribution >= 4 is 17.7 Å². The molecule has 138 valence electrons. The van der Waals surface area contributed by atoms with Gasteiger partial charge in [0.25, 0.3) is 0 Å². The lowest BCUT2D eigenvalue weighted by Crippen LogP contribution is -2.24. The lowest BCUT2D eigenvalue weighted by molar-refractivity contribution is -0.118. The first kappa shape index (κ1) is 18.9. The molecule has 0 radical (unpaired) electrons. The van der Waals surface area contributed by atoms with Gasteiger partial charge in [-0.1, -0.05) is 42.5 Å². The Morgan fingerprint density at radius 2 is 1.73 bits per heavy atom. The topological polar surface area (TPSA) is 32.3 Å². The first-order chi connectivity index (χ1) is 12.7. The molecule has 1 aliphatic rings. The van der Waals surface area contributed by atoms with Gasteiger partial charge in [-0.25, -0.2) is 4.39 Å². The molecule has 0 atom stereocenters. The zero-order valence-corrected chi connectivity index (χ0v) is 15.7. The molecule has 1 amide bonds. The maximum atomic E-state index is 13.5. The summed E-state index contributed by atoms with van der Waals surface area (Å²) in [6.45, 7) is 3.94. The van der Waals surface area contributed by atoms with E-state index in [-0.39, 0.29) is 11.7 Å². The highest BCUT2D eigenvalue weighted by Gasteiger charge is 2.11. The van der Waals surface area contributed by atoms with E-state index in [2.05, 4.69) is 34.5 Å². The number of nitrogens with one attached hydrogen (secondary N) is 1. The van der Waals surface area contributed by atoms with Crippen molar-refractivity contribution in [2.24, 2.45) is 0 Å². The zero-order valence-electron chi connectivity index (χ0n) is 14.9. The van der Waals surface area contributed by atoms with Crippen molar-refractivity contribution in [1.82, 2.24) is 10.2 Å². The monoisotopic (exact) mass is 372 g/mol. The van der Waals surface area contributed by atoms with E-state index in [4.69, 9.17) is 0 Å². The highest BCUT2D eigenvalue weighted by molar-refractivity contribution is 7.99. The van der Waals surface area contributed by atoms with Crippen LogP contribution in [-0.2, 0) is 23.6 Å². The van der Waals surface area contributed by atoms with Crippen LogP contribution in [0.4, 0.5) is 4.39 Å². The second-order valence-electron chi connectivity index (χ2n) is 6.66. The van der Waals surface area contributed by atoms with Gasteiger partial charge in [-0.2, -0.15) is 0 Å². The molecule has 0 unspecified atom stereocenters. The minimum Gasteiger partial charge on any atom is -0.351 e. The molecule has 1 heterocycles. The second-order valence-corrected chi connectivity index (χ2v) is 7.65. The van der Waals surface area contributed by atoms with Crippen molar-refractivity contribution in [3.8, 4) is 0 Å². The van der Waals surface area contributed by atoms with E-state index < -0.39 is 0 Å². The molecule has 1 saturated heterocycles.